The summed E-state index contributed by atoms with van der Waals surface area (Å²) in [6.45, 7) is 9.92. The second kappa shape index (κ2) is 4.04. The summed E-state index contributed by atoms with van der Waals surface area (Å²) < 4.78 is 11.3. The van der Waals surface area contributed by atoms with Gasteiger partial charge in [0.25, 0.3) is 0 Å². The minimum absolute atomic E-state index is 0.158. The minimum Gasteiger partial charge on any atom is -0.384 e. The van der Waals surface area contributed by atoms with Gasteiger partial charge in [0.15, 0.2) is 0 Å². The molecule has 4 unspecified atom stereocenters. The summed E-state index contributed by atoms with van der Waals surface area (Å²) >= 11 is 0. The minimum atomic E-state index is -0.937. The Kier molecular flexibility index (Phi) is 3.49. The molecule has 0 aliphatic carbocycles. The van der Waals surface area contributed by atoms with Crippen LogP contribution in [0.25, 0.3) is 0 Å². The first-order chi connectivity index (χ1) is 6.74. The zero-order valence-corrected chi connectivity index (χ0v) is 10.7. The molecule has 1 aliphatic rings. The molecule has 1 fully saturated rings. The van der Waals surface area contributed by atoms with Crippen molar-refractivity contribution in [3.05, 3.63) is 0 Å². The van der Waals surface area contributed by atoms with Gasteiger partial charge in [-0.1, -0.05) is 13.8 Å². The lowest BCUT2D eigenvalue weighted by molar-refractivity contribution is -0.269. The van der Waals surface area contributed by atoms with Crippen LogP contribution in [-0.4, -0.2) is 35.6 Å². The van der Waals surface area contributed by atoms with Crippen molar-refractivity contribution in [1.29, 1.82) is 0 Å². The largest absolute Gasteiger partial charge is 0.384 e. The molecule has 0 aromatic heterocycles. The predicted molar refractivity (Wildman–Crippen MR) is 59.8 cm³/mol. The van der Waals surface area contributed by atoms with Gasteiger partial charge < -0.3 is 14.6 Å². The summed E-state index contributed by atoms with van der Waals surface area (Å²) in [5, 5.41) is 10.4. The van der Waals surface area contributed by atoms with Crippen molar-refractivity contribution in [3.8, 4) is 0 Å². The van der Waals surface area contributed by atoms with Gasteiger partial charge in [0.05, 0.1) is 17.8 Å². The number of rotatable bonds is 2. The summed E-state index contributed by atoms with van der Waals surface area (Å²) in [7, 11) is 1.66. The Bertz CT molecular complexity index is 225. The number of ether oxygens (including phenoxy) is 2. The van der Waals surface area contributed by atoms with Crippen molar-refractivity contribution < 1.29 is 14.6 Å². The van der Waals surface area contributed by atoms with Gasteiger partial charge >= 0.3 is 0 Å². The van der Waals surface area contributed by atoms with E-state index in [-0.39, 0.29) is 12.2 Å². The SMILES string of the molecule is COC1(C)CC(C(C)C)OC(C)C1(C)O. The van der Waals surface area contributed by atoms with E-state index >= 15 is 0 Å². The molecule has 1 N–H and O–H groups in total. The highest BCUT2D eigenvalue weighted by molar-refractivity contribution is 5.04. The number of hydrogen-bond donors (Lipinski definition) is 1. The maximum atomic E-state index is 10.4. The summed E-state index contributed by atoms with van der Waals surface area (Å²) in [4.78, 5) is 0. The molecule has 0 saturated carbocycles. The quantitative estimate of drug-likeness (QED) is 0.767. The third-order valence-electron chi connectivity index (χ3n) is 4.03. The highest BCUT2D eigenvalue weighted by Crippen LogP contribution is 2.41. The van der Waals surface area contributed by atoms with Gasteiger partial charge in [0.2, 0.25) is 0 Å². The molecule has 1 saturated heterocycles. The third kappa shape index (κ3) is 2.05. The Morgan fingerprint density at radius 2 is 1.93 bits per heavy atom. The Hall–Kier alpha value is -0.120. The molecule has 0 aromatic carbocycles. The smallest absolute Gasteiger partial charge is 0.116 e. The van der Waals surface area contributed by atoms with E-state index in [2.05, 4.69) is 13.8 Å². The van der Waals surface area contributed by atoms with Gasteiger partial charge in [-0.15, -0.1) is 0 Å². The molecule has 4 atom stereocenters. The van der Waals surface area contributed by atoms with Crippen molar-refractivity contribution in [2.45, 2.75) is 64.4 Å². The van der Waals surface area contributed by atoms with Gasteiger partial charge in [0.1, 0.15) is 5.60 Å². The first-order valence-corrected chi connectivity index (χ1v) is 5.67. The second-order valence-electron chi connectivity index (χ2n) is 5.35. The lowest BCUT2D eigenvalue weighted by atomic mass is 9.74. The number of methoxy groups -OCH3 is 1. The van der Waals surface area contributed by atoms with E-state index in [1.165, 1.54) is 0 Å². The molecule has 15 heavy (non-hydrogen) atoms. The molecule has 1 rings (SSSR count). The lowest BCUT2D eigenvalue weighted by Gasteiger charge is -2.52. The Labute approximate surface area is 92.8 Å². The van der Waals surface area contributed by atoms with Crippen LogP contribution in [0, 0.1) is 5.92 Å². The zero-order chi connectivity index (χ0) is 11.9. The molecule has 0 spiro atoms. The van der Waals surface area contributed by atoms with Crippen molar-refractivity contribution in [2.24, 2.45) is 5.92 Å². The highest BCUT2D eigenvalue weighted by Gasteiger charge is 2.53. The standard InChI is InChI=1S/C12H24O3/c1-8(2)10-7-11(4,14-6)12(5,13)9(3)15-10/h8-10,13H,7H2,1-6H3. The fourth-order valence-corrected chi connectivity index (χ4v) is 2.15. The van der Waals surface area contributed by atoms with Crippen LogP contribution in [0.3, 0.4) is 0 Å². The monoisotopic (exact) mass is 216 g/mol. The maximum Gasteiger partial charge on any atom is 0.116 e. The Morgan fingerprint density at radius 1 is 1.40 bits per heavy atom. The van der Waals surface area contributed by atoms with Crippen LogP contribution in [0.1, 0.15) is 41.0 Å². The first kappa shape index (κ1) is 12.9. The van der Waals surface area contributed by atoms with Crippen LogP contribution in [0.4, 0.5) is 0 Å². The fraction of sp³-hybridized carbons (Fsp3) is 1.00. The van der Waals surface area contributed by atoms with Gasteiger partial charge in [-0.3, -0.25) is 0 Å². The summed E-state index contributed by atoms with van der Waals surface area (Å²) in [5.74, 6) is 0.443. The second-order valence-corrected chi connectivity index (χ2v) is 5.35. The molecule has 0 amide bonds. The normalized spacial score (nSPS) is 47.2. The zero-order valence-electron chi connectivity index (χ0n) is 10.7. The topological polar surface area (TPSA) is 38.7 Å². The van der Waals surface area contributed by atoms with E-state index in [9.17, 15) is 5.11 Å². The van der Waals surface area contributed by atoms with Crippen molar-refractivity contribution in [3.63, 3.8) is 0 Å². The summed E-state index contributed by atoms with van der Waals surface area (Å²) in [6.07, 6.45) is 0.687. The van der Waals surface area contributed by atoms with Crippen LogP contribution in [0.5, 0.6) is 0 Å². The maximum absolute atomic E-state index is 10.4. The van der Waals surface area contributed by atoms with E-state index in [4.69, 9.17) is 9.47 Å². The lowest BCUT2D eigenvalue weighted by Crippen LogP contribution is -2.64. The molecule has 3 nitrogen and oxygen atoms in total. The molecule has 0 aromatic rings. The average Bonchev–Trinajstić information content (AvgIpc) is 2.14. The third-order valence-corrected chi connectivity index (χ3v) is 4.03. The van der Waals surface area contributed by atoms with E-state index in [1.54, 1.807) is 14.0 Å². The Morgan fingerprint density at radius 3 is 2.33 bits per heavy atom. The average molecular weight is 216 g/mol. The highest BCUT2D eigenvalue weighted by atomic mass is 16.5. The molecule has 0 radical (unpaired) electrons. The molecular weight excluding hydrogens is 192 g/mol. The summed E-state index contributed by atoms with van der Waals surface area (Å²) in [6, 6.07) is 0. The Balaban J connectivity index is 2.92. The van der Waals surface area contributed by atoms with Crippen molar-refractivity contribution in [2.75, 3.05) is 7.11 Å². The van der Waals surface area contributed by atoms with E-state index in [1.807, 2.05) is 13.8 Å². The molecule has 1 heterocycles. The van der Waals surface area contributed by atoms with Crippen LogP contribution in [0.2, 0.25) is 0 Å². The molecule has 3 heteroatoms. The van der Waals surface area contributed by atoms with Crippen molar-refractivity contribution in [1.82, 2.24) is 0 Å². The van der Waals surface area contributed by atoms with E-state index in [0.29, 0.717) is 5.92 Å². The van der Waals surface area contributed by atoms with Crippen LogP contribution >= 0.6 is 0 Å². The number of hydrogen-bond acceptors (Lipinski definition) is 3. The van der Waals surface area contributed by atoms with Crippen LogP contribution in [-0.2, 0) is 9.47 Å². The van der Waals surface area contributed by atoms with Crippen LogP contribution < -0.4 is 0 Å². The van der Waals surface area contributed by atoms with E-state index in [0.717, 1.165) is 6.42 Å². The van der Waals surface area contributed by atoms with Crippen LogP contribution in [0.15, 0.2) is 0 Å². The fourth-order valence-electron chi connectivity index (χ4n) is 2.15. The first-order valence-electron chi connectivity index (χ1n) is 5.67. The molecule has 0 bridgehead atoms. The van der Waals surface area contributed by atoms with Gasteiger partial charge in [-0.2, -0.15) is 0 Å². The predicted octanol–water partition coefficient (Wildman–Crippen LogP) is 1.98. The van der Waals surface area contributed by atoms with Gasteiger partial charge in [-0.05, 0) is 26.7 Å². The van der Waals surface area contributed by atoms with Gasteiger partial charge in [0, 0.05) is 13.5 Å². The summed E-state index contributed by atoms with van der Waals surface area (Å²) in [5.41, 5.74) is -1.47. The molecular formula is C12H24O3. The molecule has 90 valence electrons. The van der Waals surface area contributed by atoms with E-state index < -0.39 is 11.2 Å². The number of aliphatic hydroxyl groups is 1. The van der Waals surface area contributed by atoms with Crippen molar-refractivity contribution >= 4 is 0 Å². The van der Waals surface area contributed by atoms with Gasteiger partial charge in [-0.25, -0.2) is 0 Å². The molecule has 1 aliphatic heterocycles.